The number of allylic oxidation sites excluding steroid dienone is 3. The van der Waals surface area contributed by atoms with Gasteiger partial charge < -0.3 is 58.5 Å². The minimum Gasteiger partial charge on any atom is -0.493 e. The summed E-state index contributed by atoms with van der Waals surface area (Å²) in [7, 11) is 1.81. The highest BCUT2D eigenvalue weighted by molar-refractivity contribution is 7.86. The standard InChI is InChI=1S/C53H67N5O12S2/c1-53(2,71)33-56(17-18-67-21-22-68-20-19-64-4)38-24-34(31-69-48-29-41(54-3)39(27-46(48)65-5)51(59)57-16-15-36-11-7-9-13-43(36)57)23-35(25-38)32-70-49-30-42-40(28-47(49)66-6)52(60)58-44-14-10-8-12-37(44)26-45(58)50(55-42)72(61,62)63/h7-13,23-25,27-28,30,41,44-45,50,54-55,71H,14-22,26,29,31-33H2,1-6H3,(H,61,62,63)/t41?,44?,45-,50?/m1/s1. The van der Waals surface area contributed by atoms with Crippen LogP contribution in [0.3, 0.4) is 0 Å². The van der Waals surface area contributed by atoms with Gasteiger partial charge >= 0.3 is 0 Å². The SMILES string of the molecule is CNC1CC(OCc2cc(COc3cc4c(cc3OC)C(=O)N3C5CC=CC=C5C[C@@H]3C(S(=O)(=O)O)N4)cc(N(CCOCCOCCOC)CC(C)(C)S)c2)=C(OC)C=C1C(=O)N1CCc2ccccc21. The first-order chi connectivity index (χ1) is 34.6. The van der Waals surface area contributed by atoms with E-state index >= 15 is 0 Å². The fraction of sp³-hybridized carbons (Fsp3) is 0.472. The second kappa shape index (κ2) is 23.1. The summed E-state index contributed by atoms with van der Waals surface area (Å²) in [5.74, 6) is 1.10. The van der Waals surface area contributed by atoms with Crippen LogP contribution in [0.4, 0.5) is 17.1 Å². The maximum atomic E-state index is 14.4. The zero-order valence-corrected chi connectivity index (χ0v) is 43.6. The van der Waals surface area contributed by atoms with Crippen LogP contribution in [0.15, 0.2) is 102 Å². The van der Waals surface area contributed by atoms with Gasteiger partial charge in [0.1, 0.15) is 19.0 Å². The molecule has 3 aliphatic heterocycles. The molecule has 5 aliphatic rings. The highest BCUT2D eigenvalue weighted by Gasteiger charge is 2.50. The van der Waals surface area contributed by atoms with E-state index in [0.29, 0.717) is 82.6 Å². The summed E-state index contributed by atoms with van der Waals surface area (Å²) in [4.78, 5) is 34.1. The average Bonchev–Trinajstić information content (AvgIpc) is 3.94. The Labute approximate surface area is 428 Å². The van der Waals surface area contributed by atoms with Crippen molar-refractivity contribution in [3.05, 3.63) is 124 Å². The number of thiol groups is 1. The summed E-state index contributed by atoms with van der Waals surface area (Å²) < 4.78 is 77.7. The lowest BCUT2D eigenvalue weighted by atomic mass is 9.95. The molecule has 72 heavy (non-hydrogen) atoms. The fourth-order valence-electron chi connectivity index (χ4n) is 10.1. The lowest BCUT2D eigenvalue weighted by molar-refractivity contribution is -0.115. The molecule has 3 aromatic carbocycles. The van der Waals surface area contributed by atoms with Crippen molar-refractivity contribution >= 4 is 51.6 Å². The number of methoxy groups -OCH3 is 3. The van der Waals surface area contributed by atoms with E-state index in [1.54, 1.807) is 37.3 Å². The van der Waals surface area contributed by atoms with Gasteiger partial charge in [0.25, 0.3) is 21.9 Å². The Morgan fingerprint density at radius 3 is 2.39 bits per heavy atom. The van der Waals surface area contributed by atoms with E-state index in [2.05, 4.69) is 27.7 Å². The highest BCUT2D eigenvalue weighted by Crippen LogP contribution is 2.44. The first-order valence-electron chi connectivity index (χ1n) is 24.3. The molecule has 3 aromatic rings. The van der Waals surface area contributed by atoms with Gasteiger partial charge in [0, 0.05) is 67.0 Å². The molecule has 2 aliphatic carbocycles. The van der Waals surface area contributed by atoms with Crippen LogP contribution in [0.1, 0.15) is 60.2 Å². The number of benzene rings is 3. The fourth-order valence-corrected chi connectivity index (χ4v) is 11.2. The molecule has 8 rings (SSSR count). The summed E-state index contributed by atoms with van der Waals surface area (Å²) >= 11 is 4.92. The Bertz CT molecular complexity index is 2720. The van der Waals surface area contributed by atoms with E-state index in [1.807, 2.05) is 74.4 Å². The quantitative estimate of drug-likeness (QED) is 0.0461. The maximum absolute atomic E-state index is 14.4. The van der Waals surface area contributed by atoms with Crippen molar-refractivity contribution in [3.8, 4) is 11.5 Å². The second-order valence-electron chi connectivity index (χ2n) is 19.0. The number of hydrogen-bond acceptors (Lipinski definition) is 15. The number of carbonyl (C=O) groups is 2. The average molecular weight is 1030 g/mol. The third-order valence-electron chi connectivity index (χ3n) is 13.5. The number of anilines is 3. The predicted octanol–water partition coefficient (Wildman–Crippen LogP) is 6.46. The largest absolute Gasteiger partial charge is 0.493 e. The topological polar surface area (TPSA) is 187 Å². The Morgan fingerprint density at radius 2 is 1.68 bits per heavy atom. The van der Waals surface area contributed by atoms with Crippen molar-refractivity contribution in [1.29, 1.82) is 0 Å². The van der Waals surface area contributed by atoms with Gasteiger partial charge in [0.05, 0.1) is 70.6 Å². The van der Waals surface area contributed by atoms with E-state index in [-0.39, 0.29) is 66.3 Å². The first kappa shape index (κ1) is 52.8. The number of nitrogens with zero attached hydrogens (tertiary/aromatic N) is 3. The number of hydrogen-bond donors (Lipinski definition) is 4. The smallest absolute Gasteiger partial charge is 0.288 e. The Balaban J connectivity index is 1.08. The van der Waals surface area contributed by atoms with Crippen molar-refractivity contribution in [1.82, 2.24) is 10.2 Å². The predicted molar refractivity (Wildman–Crippen MR) is 279 cm³/mol. The van der Waals surface area contributed by atoms with Gasteiger partial charge in [-0.25, -0.2) is 0 Å². The number of nitrogens with one attached hydrogen (secondary N) is 2. The van der Waals surface area contributed by atoms with Crippen LogP contribution in [-0.4, -0.2) is 139 Å². The Morgan fingerprint density at radius 1 is 0.944 bits per heavy atom. The highest BCUT2D eigenvalue weighted by atomic mass is 32.2. The van der Waals surface area contributed by atoms with Crippen LogP contribution in [0.2, 0.25) is 0 Å². The summed E-state index contributed by atoms with van der Waals surface area (Å²) in [5, 5.41) is 4.84. The number of para-hydroxylation sites is 1. The molecule has 0 bridgehead atoms. The number of rotatable bonds is 23. The molecular formula is C53H67N5O12S2. The minimum absolute atomic E-state index is 0.0259. The Hall–Kier alpha value is -5.54. The van der Waals surface area contributed by atoms with Crippen LogP contribution < -0.4 is 29.9 Å². The molecule has 4 atom stereocenters. The molecule has 17 nitrogen and oxygen atoms in total. The van der Waals surface area contributed by atoms with E-state index in [4.69, 9.17) is 45.8 Å². The van der Waals surface area contributed by atoms with Gasteiger partial charge in [-0.1, -0.05) is 36.4 Å². The van der Waals surface area contributed by atoms with E-state index < -0.39 is 26.3 Å². The second-order valence-corrected chi connectivity index (χ2v) is 21.8. The molecule has 2 amide bonds. The maximum Gasteiger partial charge on any atom is 0.288 e. The number of amides is 2. The molecule has 388 valence electrons. The van der Waals surface area contributed by atoms with E-state index in [0.717, 1.165) is 40.1 Å². The molecule has 0 radical (unpaired) electrons. The zero-order chi connectivity index (χ0) is 51.2. The van der Waals surface area contributed by atoms with E-state index in [9.17, 15) is 22.6 Å². The van der Waals surface area contributed by atoms with Crippen molar-refractivity contribution < 1.29 is 55.7 Å². The zero-order valence-electron chi connectivity index (χ0n) is 41.8. The van der Waals surface area contributed by atoms with Crippen LogP contribution in [0.25, 0.3) is 0 Å². The first-order valence-corrected chi connectivity index (χ1v) is 26.2. The lowest BCUT2D eigenvalue weighted by Gasteiger charge is -2.32. The summed E-state index contributed by atoms with van der Waals surface area (Å²) in [6, 6.07) is 15.6. The van der Waals surface area contributed by atoms with Gasteiger partial charge in [-0.15, -0.1) is 0 Å². The monoisotopic (exact) mass is 1030 g/mol. The number of carbonyl (C=O) groups excluding carboxylic acids is 2. The summed E-state index contributed by atoms with van der Waals surface area (Å²) in [6.45, 7) is 8.17. The minimum atomic E-state index is -4.69. The number of likely N-dealkylation sites (N-methyl/N-ethyl adjacent to an activating group) is 1. The summed E-state index contributed by atoms with van der Waals surface area (Å²) in [5.41, 5.74) is 6.40. The van der Waals surface area contributed by atoms with Crippen LogP contribution in [-0.2, 0) is 58.2 Å². The lowest BCUT2D eigenvalue weighted by Crippen LogP contribution is -2.49. The molecule has 19 heteroatoms. The summed E-state index contributed by atoms with van der Waals surface area (Å²) in [6.07, 6.45) is 9.51. The van der Waals surface area contributed by atoms with E-state index in [1.165, 1.54) is 7.11 Å². The van der Waals surface area contributed by atoms with Gasteiger partial charge in [0.15, 0.2) is 22.6 Å². The molecule has 3 heterocycles. The van der Waals surface area contributed by atoms with Crippen molar-refractivity contribution in [2.75, 3.05) is 96.2 Å². The molecule has 0 saturated carbocycles. The van der Waals surface area contributed by atoms with Gasteiger partial charge in [-0.2, -0.15) is 21.0 Å². The molecule has 1 fully saturated rings. The molecular weight excluding hydrogens is 963 g/mol. The van der Waals surface area contributed by atoms with Crippen molar-refractivity contribution in [3.63, 3.8) is 0 Å². The van der Waals surface area contributed by atoms with Crippen LogP contribution >= 0.6 is 12.6 Å². The number of fused-ring (bicyclic) bond motifs is 5. The van der Waals surface area contributed by atoms with Gasteiger partial charge in [-0.05, 0) is 98.8 Å². The molecule has 1 saturated heterocycles. The molecule has 3 N–H and O–H groups in total. The van der Waals surface area contributed by atoms with Crippen molar-refractivity contribution in [2.45, 2.75) is 81.0 Å². The molecule has 3 unspecified atom stereocenters. The number of ether oxygens (including phenoxy) is 7. The molecule has 0 aromatic heterocycles. The van der Waals surface area contributed by atoms with Crippen LogP contribution in [0.5, 0.6) is 11.5 Å². The van der Waals surface area contributed by atoms with Crippen LogP contribution in [0, 0.1) is 0 Å². The van der Waals surface area contributed by atoms with Crippen molar-refractivity contribution in [2.24, 2.45) is 0 Å². The van der Waals surface area contributed by atoms with Gasteiger partial charge in [0.2, 0.25) is 0 Å². The normalized spacial score (nSPS) is 20.4. The third-order valence-corrected chi connectivity index (χ3v) is 14.7. The van der Waals surface area contributed by atoms with Gasteiger partial charge in [-0.3, -0.25) is 14.1 Å². The molecule has 0 spiro atoms. The Kier molecular flexibility index (Phi) is 16.9. The third kappa shape index (κ3) is 12.1.